The van der Waals surface area contributed by atoms with E-state index in [4.69, 9.17) is 28.9 Å². The molecule has 4 heteroatoms. The van der Waals surface area contributed by atoms with Crippen LogP contribution in [0.15, 0.2) is 48.5 Å². The fraction of sp³-hybridized carbons (Fsp3) is 0. The topological polar surface area (TPSA) is 43.1 Å². The average Bonchev–Trinajstić information content (AvgIpc) is 2.38. The maximum absolute atomic E-state index is 12.0. The maximum atomic E-state index is 12.0. The van der Waals surface area contributed by atoms with E-state index in [0.717, 1.165) is 0 Å². The summed E-state index contributed by atoms with van der Waals surface area (Å²) < 4.78 is 0. The second-order valence-electron chi connectivity index (χ2n) is 3.92. The first kappa shape index (κ1) is 13.7. The highest BCUT2D eigenvalue weighted by Gasteiger charge is 2.06. The first-order valence-electron chi connectivity index (χ1n) is 5.60. The molecule has 0 saturated carbocycles. The number of allylic oxidation sites excluding steroid dienone is 1. The Morgan fingerprint density at radius 2 is 1.63 bits per heavy atom. The van der Waals surface area contributed by atoms with Crippen LogP contribution >= 0.6 is 23.2 Å². The predicted octanol–water partition coefficient (Wildman–Crippen LogP) is 4.47. The van der Waals surface area contributed by atoms with Crippen molar-refractivity contribution in [2.24, 2.45) is 0 Å². The van der Waals surface area contributed by atoms with Crippen LogP contribution in [-0.2, 0) is 0 Å². The molecular formula is C15H11Cl2NO. The minimum absolute atomic E-state index is 0.186. The van der Waals surface area contributed by atoms with Crippen LogP contribution in [0, 0.1) is 0 Å². The lowest BCUT2D eigenvalue weighted by atomic mass is 10.1. The summed E-state index contributed by atoms with van der Waals surface area (Å²) in [6.45, 7) is 0. The number of carbonyl (C=O) groups excluding carboxylic acids is 1. The normalized spacial score (nSPS) is 10.8. The van der Waals surface area contributed by atoms with Gasteiger partial charge in [0.05, 0.1) is 0 Å². The van der Waals surface area contributed by atoms with E-state index in [9.17, 15) is 4.79 Å². The van der Waals surface area contributed by atoms with E-state index >= 15 is 0 Å². The molecule has 19 heavy (non-hydrogen) atoms. The Bertz CT molecular complexity index is 630. The third kappa shape index (κ3) is 3.16. The van der Waals surface area contributed by atoms with Crippen molar-refractivity contribution in [3.05, 3.63) is 69.7 Å². The zero-order valence-electron chi connectivity index (χ0n) is 9.94. The molecule has 2 aromatic rings. The minimum Gasteiger partial charge on any atom is -0.398 e. The number of carbonyl (C=O) groups is 1. The van der Waals surface area contributed by atoms with Gasteiger partial charge in [0.25, 0.3) is 0 Å². The number of hydrogen-bond donors (Lipinski definition) is 1. The quantitative estimate of drug-likeness (QED) is 0.515. The molecule has 2 nitrogen and oxygen atoms in total. The van der Waals surface area contributed by atoms with Crippen LogP contribution in [-0.4, -0.2) is 5.78 Å². The number of hydrogen-bond acceptors (Lipinski definition) is 2. The standard InChI is InChI=1S/C15H11Cl2NO/c16-12-5-3-6-13(17)10(12)8-9-15(19)11-4-1-2-7-14(11)18/h1-9H,18H2/b9-8+. The van der Waals surface area contributed by atoms with Crippen molar-refractivity contribution in [2.45, 2.75) is 0 Å². The van der Waals surface area contributed by atoms with Crippen LogP contribution < -0.4 is 5.73 Å². The van der Waals surface area contributed by atoms with Gasteiger partial charge in [-0.1, -0.05) is 41.4 Å². The summed E-state index contributed by atoms with van der Waals surface area (Å²) in [5.74, 6) is -0.186. The summed E-state index contributed by atoms with van der Waals surface area (Å²) >= 11 is 12.0. The average molecular weight is 292 g/mol. The number of anilines is 1. The van der Waals surface area contributed by atoms with Crippen LogP contribution in [0.5, 0.6) is 0 Å². The third-order valence-corrected chi connectivity index (χ3v) is 3.29. The largest absolute Gasteiger partial charge is 0.398 e. The molecule has 0 radical (unpaired) electrons. The van der Waals surface area contributed by atoms with Gasteiger partial charge in [-0.15, -0.1) is 0 Å². The van der Waals surface area contributed by atoms with Crippen LogP contribution in [0.2, 0.25) is 10.0 Å². The molecule has 0 aromatic heterocycles. The van der Waals surface area contributed by atoms with E-state index in [1.165, 1.54) is 6.08 Å². The molecule has 0 amide bonds. The number of halogens is 2. The smallest absolute Gasteiger partial charge is 0.187 e. The van der Waals surface area contributed by atoms with Gasteiger partial charge >= 0.3 is 0 Å². The second-order valence-corrected chi connectivity index (χ2v) is 4.73. The molecule has 0 fully saturated rings. The van der Waals surface area contributed by atoms with Crippen molar-refractivity contribution < 1.29 is 4.79 Å². The van der Waals surface area contributed by atoms with Gasteiger partial charge in [0.2, 0.25) is 0 Å². The summed E-state index contributed by atoms with van der Waals surface area (Å²) in [5, 5.41) is 0.996. The first-order chi connectivity index (χ1) is 9.09. The second kappa shape index (κ2) is 5.91. The van der Waals surface area contributed by atoms with Gasteiger partial charge in [-0.3, -0.25) is 4.79 Å². The predicted molar refractivity (Wildman–Crippen MR) is 80.7 cm³/mol. The van der Waals surface area contributed by atoms with E-state index < -0.39 is 0 Å². The Hall–Kier alpha value is -1.77. The molecule has 0 aliphatic heterocycles. The molecule has 0 saturated heterocycles. The molecule has 0 aliphatic carbocycles. The molecule has 2 rings (SSSR count). The summed E-state index contributed by atoms with van der Waals surface area (Å²) in [4.78, 5) is 12.0. The van der Waals surface area contributed by atoms with Crippen molar-refractivity contribution in [3.8, 4) is 0 Å². The monoisotopic (exact) mass is 291 g/mol. The third-order valence-electron chi connectivity index (χ3n) is 2.63. The highest BCUT2D eigenvalue weighted by atomic mass is 35.5. The highest BCUT2D eigenvalue weighted by molar-refractivity contribution is 6.37. The molecule has 0 atom stereocenters. The molecule has 0 heterocycles. The molecular weight excluding hydrogens is 281 g/mol. The molecule has 0 unspecified atom stereocenters. The molecule has 0 aliphatic rings. The van der Waals surface area contributed by atoms with E-state index in [0.29, 0.717) is 26.9 Å². The molecule has 2 aromatic carbocycles. The number of rotatable bonds is 3. The van der Waals surface area contributed by atoms with Crippen LogP contribution in [0.25, 0.3) is 6.08 Å². The van der Waals surface area contributed by atoms with Crippen molar-refractivity contribution in [3.63, 3.8) is 0 Å². The van der Waals surface area contributed by atoms with E-state index in [-0.39, 0.29) is 5.78 Å². The van der Waals surface area contributed by atoms with Crippen molar-refractivity contribution in [1.29, 1.82) is 0 Å². The number of ketones is 1. The number of benzene rings is 2. The zero-order chi connectivity index (χ0) is 13.8. The summed E-state index contributed by atoms with van der Waals surface area (Å²) in [6, 6.07) is 12.1. The fourth-order valence-electron chi connectivity index (χ4n) is 1.64. The Morgan fingerprint density at radius 3 is 2.26 bits per heavy atom. The van der Waals surface area contributed by atoms with Gasteiger partial charge in [0.1, 0.15) is 0 Å². The Morgan fingerprint density at radius 1 is 1.00 bits per heavy atom. The van der Waals surface area contributed by atoms with E-state index in [1.807, 2.05) is 0 Å². The lowest BCUT2D eigenvalue weighted by Crippen LogP contribution is -2.00. The van der Waals surface area contributed by atoms with Crippen molar-refractivity contribution in [1.82, 2.24) is 0 Å². The first-order valence-corrected chi connectivity index (χ1v) is 6.36. The Kier molecular flexibility index (Phi) is 4.25. The van der Waals surface area contributed by atoms with Gasteiger partial charge in [-0.05, 0) is 36.4 Å². The van der Waals surface area contributed by atoms with Gasteiger partial charge in [0, 0.05) is 26.9 Å². The lowest BCUT2D eigenvalue weighted by Gasteiger charge is -2.02. The lowest BCUT2D eigenvalue weighted by molar-refractivity contribution is 0.104. The van der Waals surface area contributed by atoms with Crippen LogP contribution in [0.4, 0.5) is 5.69 Å². The number of nitrogens with two attached hydrogens (primary N) is 1. The SMILES string of the molecule is Nc1ccccc1C(=O)/C=C/c1c(Cl)cccc1Cl. The van der Waals surface area contributed by atoms with Crippen LogP contribution in [0.1, 0.15) is 15.9 Å². The number of para-hydroxylation sites is 1. The molecule has 2 N–H and O–H groups in total. The highest BCUT2D eigenvalue weighted by Crippen LogP contribution is 2.25. The summed E-state index contributed by atoms with van der Waals surface area (Å²) in [6.07, 6.45) is 3.01. The molecule has 0 spiro atoms. The zero-order valence-corrected chi connectivity index (χ0v) is 11.4. The molecule has 96 valence electrons. The van der Waals surface area contributed by atoms with Gasteiger partial charge in [-0.25, -0.2) is 0 Å². The van der Waals surface area contributed by atoms with Gasteiger partial charge < -0.3 is 5.73 Å². The molecule has 0 bridgehead atoms. The van der Waals surface area contributed by atoms with E-state index in [2.05, 4.69) is 0 Å². The maximum Gasteiger partial charge on any atom is 0.187 e. The van der Waals surface area contributed by atoms with E-state index in [1.54, 1.807) is 48.5 Å². The summed E-state index contributed by atoms with van der Waals surface area (Å²) in [7, 11) is 0. The van der Waals surface area contributed by atoms with Crippen molar-refractivity contribution in [2.75, 3.05) is 5.73 Å². The van der Waals surface area contributed by atoms with Crippen molar-refractivity contribution >= 4 is 40.7 Å². The van der Waals surface area contributed by atoms with Gasteiger partial charge in [0.15, 0.2) is 5.78 Å². The fourth-order valence-corrected chi connectivity index (χ4v) is 2.16. The van der Waals surface area contributed by atoms with Gasteiger partial charge in [-0.2, -0.15) is 0 Å². The minimum atomic E-state index is -0.186. The summed E-state index contributed by atoms with van der Waals surface area (Å²) in [5.41, 5.74) is 7.27. The Labute approximate surface area is 121 Å². The Balaban J connectivity index is 2.29. The number of nitrogen functional groups attached to an aromatic ring is 1. The van der Waals surface area contributed by atoms with Crippen LogP contribution in [0.3, 0.4) is 0 Å².